The summed E-state index contributed by atoms with van der Waals surface area (Å²) >= 11 is 0. The fraction of sp³-hybridized carbons (Fsp3) is 0.167. The van der Waals surface area contributed by atoms with Crippen molar-refractivity contribution in [2.45, 2.75) is 13.8 Å². The van der Waals surface area contributed by atoms with Gasteiger partial charge in [-0.15, -0.1) is 0 Å². The van der Waals surface area contributed by atoms with E-state index in [1.54, 1.807) is 0 Å². The Morgan fingerprint density at radius 3 is 1.89 bits per heavy atom. The summed E-state index contributed by atoms with van der Waals surface area (Å²) in [6.07, 6.45) is 0. The molecule has 0 N–H and O–H groups in total. The number of fused-ring (bicyclic) bond motifs is 1. The molecule has 0 atom stereocenters. The van der Waals surface area contributed by atoms with Gasteiger partial charge in [0, 0.05) is 21.1 Å². The van der Waals surface area contributed by atoms with Crippen LogP contribution in [-0.4, -0.2) is 28.1 Å². The molecule has 0 spiro atoms. The molecule has 5 nitrogen and oxygen atoms in total. The quantitative estimate of drug-likeness (QED) is 0.350. The Morgan fingerprint density at radius 1 is 0.947 bits per heavy atom. The van der Waals surface area contributed by atoms with Crippen molar-refractivity contribution in [2.75, 3.05) is 0 Å². The molecule has 1 aromatic carbocycles. The third-order valence-electron chi connectivity index (χ3n) is 1.73. The van der Waals surface area contributed by atoms with E-state index in [9.17, 15) is 0 Å². The van der Waals surface area contributed by atoms with E-state index in [2.05, 4.69) is 26.4 Å². The topological polar surface area (TPSA) is 69.7 Å². The third kappa shape index (κ3) is 8.32. The Kier molecular flexibility index (Phi) is 22.9. The van der Waals surface area contributed by atoms with Gasteiger partial charge in [0.2, 0.25) is 0 Å². The zero-order valence-corrected chi connectivity index (χ0v) is 13.8. The van der Waals surface area contributed by atoms with Crippen LogP contribution in [0.2, 0.25) is 0 Å². The molecule has 1 aliphatic heterocycles. The van der Waals surface area contributed by atoms with Crippen LogP contribution in [0.4, 0.5) is 0 Å². The Labute approximate surface area is 129 Å². The van der Waals surface area contributed by atoms with Crippen LogP contribution in [0.15, 0.2) is 12.1 Å². The zero-order valence-electron chi connectivity index (χ0n) is 10.9. The molecule has 1 aromatic rings. The number of rotatable bonds is 0. The van der Waals surface area contributed by atoms with E-state index in [0.717, 1.165) is 17.1 Å². The molecule has 0 unspecified atom stereocenters. The fourth-order valence-electron chi connectivity index (χ4n) is 1.28. The normalized spacial score (nSPS) is 8.11. The second kappa shape index (κ2) is 16.6. The molecule has 105 valence electrons. The van der Waals surface area contributed by atoms with E-state index in [0.29, 0.717) is 0 Å². The van der Waals surface area contributed by atoms with Gasteiger partial charge < -0.3 is 31.1 Å². The van der Waals surface area contributed by atoms with Crippen molar-refractivity contribution in [3.63, 3.8) is 0 Å². The molecule has 0 saturated heterocycles. The zero-order chi connectivity index (χ0) is 13.8. The number of benzene rings is 1. The summed E-state index contributed by atoms with van der Waals surface area (Å²) in [5.41, 5.74) is 2.31. The molecule has 0 saturated carbocycles. The Balaban J connectivity index is -0.000000126. The fourth-order valence-corrected chi connectivity index (χ4v) is 1.28. The molecular weight excluding hydrogens is 419 g/mol. The third-order valence-corrected chi connectivity index (χ3v) is 1.73. The minimum atomic E-state index is 0. The minimum absolute atomic E-state index is 0. The van der Waals surface area contributed by atoms with E-state index >= 15 is 0 Å². The number of hydrogen-bond donors (Lipinski definition) is 0. The van der Waals surface area contributed by atoms with Crippen LogP contribution in [0.25, 0.3) is 0 Å². The smallest absolute Gasteiger partial charge is 0.545 e. The monoisotopic (exact) mass is 433 g/mol. The molecule has 19 heavy (non-hydrogen) atoms. The number of aryl methyl sites for hydroxylation is 2. The van der Waals surface area contributed by atoms with Crippen molar-refractivity contribution in [3.05, 3.63) is 30.7 Å². The SMILES string of the molecule is Cc1cc(C)c2c(c1)O[B]O2.[CH-]=O.[CH-]=O.[CH-]=O.[CH3-].[W]. The molecule has 0 aliphatic carbocycles. The average molecular weight is 433 g/mol. The summed E-state index contributed by atoms with van der Waals surface area (Å²) in [7, 11) is 1.36. The van der Waals surface area contributed by atoms with Crippen molar-refractivity contribution >= 4 is 28.1 Å². The minimum Gasteiger partial charge on any atom is -0.545 e. The van der Waals surface area contributed by atoms with E-state index in [1.807, 2.05) is 19.9 Å². The summed E-state index contributed by atoms with van der Waals surface area (Å²) in [6.45, 7) is 13.8. The van der Waals surface area contributed by atoms with E-state index in [1.165, 1.54) is 13.2 Å². The molecular formula is C12H14BO5W-4. The van der Waals surface area contributed by atoms with Crippen LogP contribution < -0.4 is 9.31 Å². The first kappa shape index (κ1) is 26.2. The van der Waals surface area contributed by atoms with Crippen LogP contribution >= 0.6 is 0 Å². The predicted octanol–water partition coefficient (Wildman–Crippen LogP) is 1.23. The Morgan fingerprint density at radius 2 is 1.42 bits per heavy atom. The van der Waals surface area contributed by atoms with Crippen molar-refractivity contribution in [1.82, 2.24) is 0 Å². The van der Waals surface area contributed by atoms with Crippen LogP contribution in [0.5, 0.6) is 11.5 Å². The van der Waals surface area contributed by atoms with Crippen LogP contribution in [-0.2, 0) is 35.4 Å². The van der Waals surface area contributed by atoms with Gasteiger partial charge in [-0.3, -0.25) is 20.4 Å². The number of hydrogen-bond acceptors (Lipinski definition) is 5. The molecule has 1 aliphatic rings. The van der Waals surface area contributed by atoms with Gasteiger partial charge in [0.15, 0.2) is 0 Å². The maximum atomic E-state index is 7.75. The summed E-state index contributed by atoms with van der Waals surface area (Å²) in [5.74, 6) is 1.66. The van der Waals surface area contributed by atoms with Crippen molar-refractivity contribution in [1.29, 1.82) is 0 Å². The van der Waals surface area contributed by atoms with Crippen LogP contribution in [0.1, 0.15) is 11.1 Å². The molecule has 7 heteroatoms. The van der Waals surface area contributed by atoms with Crippen molar-refractivity contribution < 1.29 is 44.8 Å². The summed E-state index contributed by atoms with van der Waals surface area (Å²) < 4.78 is 10.2. The van der Waals surface area contributed by atoms with Crippen LogP contribution in [0.3, 0.4) is 0 Å². The number of carbonyl (C=O) groups excluding carboxylic acids is 3. The molecule has 1 radical (unpaired) electrons. The Hall–Kier alpha value is -1.42. The van der Waals surface area contributed by atoms with Crippen LogP contribution in [0, 0.1) is 21.3 Å². The van der Waals surface area contributed by atoms with Gasteiger partial charge in [-0.2, -0.15) is 0 Å². The first-order valence-electron chi connectivity index (χ1n) is 4.24. The van der Waals surface area contributed by atoms with Crippen molar-refractivity contribution in [2.24, 2.45) is 0 Å². The molecule has 0 aromatic heterocycles. The second-order valence-corrected chi connectivity index (χ2v) is 2.74. The molecule has 0 amide bonds. The molecule has 2 rings (SSSR count). The van der Waals surface area contributed by atoms with Gasteiger partial charge in [0.05, 0.1) is 0 Å². The van der Waals surface area contributed by atoms with Gasteiger partial charge in [0.1, 0.15) is 11.5 Å². The van der Waals surface area contributed by atoms with Gasteiger partial charge >= 0.3 is 7.69 Å². The largest absolute Gasteiger partial charge is 0.658 e. The average Bonchev–Trinajstić information content (AvgIpc) is 2.85. The summed E-state index contributed by atoms with van der Waals surface area (Å²) in [6, 6.07) is 4.03. The molecule has 1 heterocycles. The maximum Gasteiger partial charge on any atom is 0.658 e. The van der Waals surface area contributed by atoms with Gasteiger partial charge in [-0.25, -0.2) is 0 Å². The first-order chi connectivity index (χ1) is 8.27. The van der Waals surface area contributed by atoms with E-state index in [-0.39, 0.29) is 28.5 Å². The van der Waals surface area contributed by atoms with Gasteiger partial charge in [0.25, 0.3) is 0 Å². The summed E-state index contributed by atoms with van der Waals surface area (Å²) in [4.78, 5) is 23.2. The standard InChI is InChI=1S/C8H8BO2.3CHO.CH3.W/c1-5-3-6(2)8-7(4-5)10-9-11-8;3*1-2;;/h3-4H,1-2H3;3*1H;1H3;/q;4*-1;. The Bertz CT molecular complexity index is 344. The van der Waals surface area contributed by atoms with Gasteiger partial charge in [-0.1, -0.05) is 6.07 Å². The van der Waals surface area contributed by atoms with E-state index in [4.69, 9.17) is 23.7 Å². The first-order valence-corrected chi connectivity index (χ1v) is 4.24. The van der Waals surface area contributed by atoms with E-state index < -0.39 is 0 Å². The van der Waals surface area contributed by atoms with Gasteiger partial charge in [-0.05, 0) is 31.0 Å². The van der Waals surface area contributed by atoms with Crippen molar-refractivity contribution in [3.8, 4) is 11.5 Å². The second-order valence-electron chi connectivity index (χ2n) is 2.74. The predicted molar refractivity (Wildman–Crippen MR) is 69.6 cm³/mol. The molecule has 0 bridgehead atoms. The summed E-state index contributed by atoms with van der Waals surface area (Å²) in [5, 5.41) is 0. The molecule has 0 fully saturated rings. The maximum absolute atomic E-state index is 7.75.